The maximum atomic E-state index is 11.6. The number of hydrogen-bond acceptors (Lipinski definition) is 4. The summed E-state index contributed by atoms with van der Waals surface area (Å²) < 4.78 is 0. The van der Waals surface area contributed by atoms with Crippen LogP contribution in [0.4, 0.5) is 5.13 Å². The molecule has 0 bridgehead atoms. The fraction of sp³-hybridized carbons (Fsp3) is 0.700. The molecule has 1 fully saturated rings. The number of nitrogens with one attached hydrogen (secondary N) is 1. The van der Waals surface area contributed by atoms with Crippen LogP contribution >= 0.6 is 11.3 Å². The molecule has 1 saturated carbocycles. The van der Waals surface area contributed by atoms with Crippen molar-refractivity contribution in [2.75, 3.05) is 5.32 Å². The van der Waals surface area contributed by atoms with Crippen LogP contribution in [0, 0.1) is 5.92 Å². The third-order valence-corrected chi connectivity index (χ3v) is 3.41. The van der Waals surface area contributed by atoms with Crippen molar-refractivity contribution >= 4 is 22.4 Å². The van der Waals surface area contributed by atoms with Crippen LogP contribution in [-0.4, -0.2) is 16.1 Å². The molecule has 0 atom stereocenters. The highest BCUT2D eigenvalue weighted by atomic mass is 32.1. The van der Waals surface area contributed by atoms with Crippen molar-refractivity contribution < 1.29 is 4.79 Å². The van der Waals surface area contributed by atoms with Crippen LogP contribution in [-0.2, 0) is 4.79 Å². The Morgan fingerprint density at radius 3 is 2.93 bits per heavy atom. The lowest BCUT2D eigenvalue weighted by atomic mass is 9.87. The highest BCUT2D eigenvalue weighted by Gasteiger charge is 2.17. The number of amides is 1. The summed E-state index contributed by atoms with van der Waals surface area (Å²) in [5.74, 6) is 0.658. The summed E-state index contributed by atoms with van der Waals surface area (Å²) in [7, 11) is 0. The van der Waals surface area contributed by atoms with Gasteiger partial charge in [-0.25, -0.2) is 0 Å². The molecule has 5 heteroatoms. The Morgan fingerprint density at radius 2 is 2.27 bits per heavy atom. The van der Waals surface area contributed by atoms with Gasteiger partial charge in [0.1, 0.15) is 5.51 Å². The Bertz CT molecular complexity index is 306. The average Bonchev–Trinajstić information content (AvgIpc) is 2.71. The van der Waals surface area contributed by atoms with E-state index in [9.17, 15) is 4.79 Å². The Hall–Kier alpha value is -0.970. The minimum Gasteiger partial charge on any atom is -0.301 e. The van der Waals surface area contributed by atoms with E-state index >= 15 is 0 Å². The van der Waals surface area contributed by atoms with Gasteiger partial charge in [-0.2, -0.15) is 0 Å². The molecular weight excluding hydrogens is 210 g/mol. The number of nitrogens with zero attached hydrogens (tertiary/aromatic N) is 2. The van der Waals surface area contributed by atoms with E-state index in [1.54, 1.807) is 5.51 Å². The van der Waals surface area contributed by atoms with Gasteiger partial charge >= 0.3 is 0 Å². The highest BCUT2D eigenvalue weighted by Crippen LogP contribution is 2.26. The monoisotopic (exact) mass is 225 g/mol. The lowest BCUT2D eigenvalue weighted by Gasteiger charge is -2.20. The molecule has 1 heterocycles. The molecule has 1 aromatic heterocycles. The predicted molar refractivity (Wildman–Crippen MR) is 59.7 cm³/mol. The van der Waals surface area contributed by atoms with Gasteiger partial charge in [0.2, 0.25) is 11.0 Å². The number of carbonyl (C=O) groups excluding carboxylic acids is 1. The Kier molecular flexibility index (Phi) is 3.66. The second-order valence-corrected chi connectivity index (χ2v) is 4.83. The molecule has 4 nitrogen and oxygen atoms in total. The zero-order valence-corrected chi connectivity index (χ0v) is 9.42. The average molecular weight is 225 g/mol. The quantitative estimate of drug-likeness (QED) is 0.859. The number of hydrogen-bond donors (Lipinski definition) is 1. The minimum absolute atomic E-state index is 0.0821. The Morgan fingerprint density at radius 1 is 1.47 bits per heavy atom. The molecule has 0 aromatic carbocycles. The normalized spacial score (nSPS) is 17.6. The maximum Gasteiger partial charge on any atom is 0.226 e. The lowest BCUT2D eigenvalue weighted by molar-refractivity contribution is -0.117. The first-order chi connectivity index (χ1) is 7.34. The molecule has 1 aromatic rings. The van der Waals surface area contributed by atoms with E-state index in [4.69, 9.17) is 0 Å². The van der Waals surface area contributed by atoms with Crippen LogP contribution in [0.25, 0.3) is 0 Å². The predicted octanol–water partition coefficient (Wildman–Crippen LogP) is 2.45. The van der Waals surface area contributed by atoms with Gasteiger partial charge < -0.3 is 5.32 Å². The molecule has 1 aliphatic carbocycles. The maximum absolute atomic E-state index is 11.6. The Labute approximate surface area is 93.1 Å². The van der Waals surface area contributed by atoms with E-state index in [-0.39, 0.29) is 5.91 Å². The third kappa shape index (κ3) is 3.27. The first-order valence-electron chi connectivity index (χ1n) is 5.40. The van der Waals surface area contributed by atoms with Crippen LogP contribution in [0.3, 0.4) is 0 Å². The first-order valence-corrected chi connectivity index (χ1v) is 6.28. The highest BCUT2D eigenvalue weighted by molar-refractivity contribution is 7.13. The molecule has 0 radical (unpaired) electrons. The fourth-order valence-corrected chi connectivity index (χ4v) is 2.51. The van der Waals surface area contributed by atoms with Gasteiger partial charge in [0, 0.05) is 6.42 Å². The number of aromatic nitrogens is 2. The van der Waals surface area contributed by atoms with Crippen LogP contribution < -0.4 is 5.32 Å². The first kappa shape index (κ1) is 10.5. The van der Waals surface area contributed by atoms with E-state index in [0.717, 1.165) is 0 Å². The van der Waals surface area contributed by atoms with Crippen molar-refractivity contribution in [3.8, 4) is 0 Å². The van der Waals surface area contributed by atoms with E-state index in [1.807, 2.05) is 0 Å². The molecule has 82 valence electrons. The molecule has 0 aliphatic heterocycles. The standard InChI is InChI=1S/C10H15N3OS/c14-9(12-10-13-11-7-15-10)6-8-4-2-1-3-5-8/h7-8H,1-6H2,(H,12,13,14). The SMILES string of the molecule is O=C(CC1CCCCC1)Nc1nncs1. The summed E-state index contributed by atoms with van der Waals surface area (Å²) in [4.78, 5) is 11.6. The summed E-state index contributed by atoms with van der Waals surface area (Å²) in [6.45, 7) is 0. The van der Waals surface area contributed by atoms with Gasteiger partial charge in [0.05, 0.1) is 0 Å². The minimum atomic E-state index is 0.0821. The molecule has 1 N–H and O–H groups in total. The van der Waals surface area contributed by atoms with E-state index in [0.29, 0.717) is 17.5 Å². The molecular formula is C10H15N3OS. The number of rotatable bonds is 3. The largest absolute Gasteiger partial charge is 0.301 e. The van der Waals surface area contributed by atoms with Crippen molar-refractivity contribution in [1.82, 2.24) is 10.2 Å². The van der Waals surface area contributed by atoms with E-state index in [1.165, 1.54) is 43.4 Å². The molecule has 2 rings (SSSR count). The molecule has 0 unspecified atom stereocenters. The van der Waals surface area contributed by atoms with Crippen LogP contribution in [0.15, 0.2) is 5.51 Å². The number of anilines is 1. The summed E-state index contributed by atoms with van der Waals surface area (Å²) in [6.07, 6.45) is 6.91. The summed E-state index contributed by atoms with van der Waals surface area (Å²) in [5, 5.41) is 10.8. The van der Waals surface area contributed by atoms with Gasteiger partial charge in [-0.1, -0.05) is 30.6 Å². The third-order valence-electron chi connectivity index (χ3n) is 2.81. The smallest absolute Gasteiger partial charge is 0.226 e. The lowest BCUT2D eigenvalue weighted by Crippen LogP contribution is -2.18. The van der Waals surface area contributed by atoms with Gasteiger partial charge in [0.25, 0.3) is 0 Å². The second-order valence-electron chi connectivity index (χ2n) is 4.00. The molecule has 1 aliphatic rings. The zero-order valence-electron chi connectivity index (χ0n) is 8.61. The summed E-state index contributed by atoms with van der Waals surface area (Å²) in [5.41, 5.74) is 1.62. The van der Waals surface area contributed by atoms with Crippen LogP contribution in [0.2, 0.25) is 0 Å². The Balaban J connectivity index is 1.76. The van der Waals surface area contributed by atoms with Crippen molar-refractivity contribution in [1.29, 1.82) is 0 Å². The van der Waals surface area contributed by atoms with Crippen molar-refractivity contribution in [3.05, 3.63) is 5.51 Å². The van der Waals surface area contributed by atoms with E-state index in [2.05, 4.69) is 15.5 Å². The van der Waals surface area contributed by atoms with Crippen molar-refractivity contribution in [2.45, 2.75) is 38.5 Å². The summed E-state index contributed by atoms with van der Waals surface area (Å²) >= 11 is 1.36. The van der Waals surface area contributed by atoms with Crippen molar-refractivity contribution in [3.63, 3.8) is 0 Å². The molecule has 0 spiro atoms. The molecule has 0 saturated heterocycles. The van der Waals surface area contributed by atoms with Crippen LogP contribution in [0.1, 0.15) is 38.5 Å². The van der Waals surface area contributed by atoms with Gasteiger partial charge in [-0.05, 0) is 18.8 Å². The van der Waals surface area contributed by atoms with Gasteiger partial charge in [0.15, 0.2) is 0 Å². The molecule has 1 amide bonds. The van der Waals surface area contributed by atoms with Crippen LogP contribution in [0.5, 0.6) is 0 Å². The van der Waals surface area contributed by atoms with E-state index < -0.39 is 0 Å². The zero-order chi connectivity index (χ0) is 10.5. The van der Waals surface area contributed by atoms with Gasteiger partial charge in [-0.3, -0.25) is 4.79 Å². The van der Waals surface area contributed by atoms with Gasteiger partial charge in [-0.15, -0.1) is 10.2 Å². The number of carbonyl (C=O) groups is 1. The van der Waals surface area contributed by atoms with Crippen molar-refractivity contribution in [2.24, 2.45) is 5.92 Å². The fourth-order valence-electron chi connectivity index (χ4n) is 2.05. The topological polar surface area (TPSA) is 54.9 Å². The summed E-state index contributed by atoms with van der Waals surface area (Å²) in [6, 6.07) is 0. The second kappa shape index (κ2) is 5.21. The molecule has 15 heavy (non-hydrogen) atoms.